The Hall–Kier alpha value is -3.98. The minimum Gasteiger partial charge on any atom is -0.484 e. The quantitative estimate of drug-likeness (QED) is 0.449. The molecule has 8 nitrogen and oxygen atoms in total. The summed E-state index contributed by atoms with van der Waals surface area (Å²) in [4.78, 5) is 38.8. The predicted octanol–water partition coefficient (Wildman–Crippen LogP) is 3.16. The molecular formula is C25H25FN2O6. The molecule has 1 heterocycles. The Kier molecular flexibility index (Phi) is 8.15. The van der Waals surface area contributed by atoms with Crippen LogP contribution in [0.1, 0.15) is 12.5 Å². The van der Waals surface area contributed by atoms with Gasteiger partial charge in [-0.1, -0.05) is 12.1 Å². The predicted molar refractivity (Wildman–Crippen MR) is 123 cm³/mol. The summed E-state index contributed by atoms with van der Waals surface area (Å²) in [5.41, 5.74) is 2.07. The standard InChI is InChI=1S/C25H25FN2O6/c1-16-23(25(31)33-3)21(24(30)28(16)12-13-32-2)14-17-4-10-20(11-5-17)34-15-22(29)27-19-8-6-18(26)7-9-19/h4-11,14H,12-13,15H2,1-3H3,(H,27,29)/b21-14-. The van der Waals surface area contributed by atoms with E-state index in [2.05, 4.69) is 5.32 Å². The number of amides is 2. The number of nitrogens with one attached hydrogen (secondary N) is 1. The van der Waals surface area contributed by atoms with Gasteiger partial charge in [0.1, 0.15) is 11.6 Å². The molecule has 2 aromatic rings. The second kappa shape index (κ2) is 11.2. The Labute approximate surface area is 196 Å². The van der Waals surface area contributed by atoms with Crippen LogP contribution in [0.3, 0.4) is 0 Å². The third kappa shape index (κ3) is 5.87. The van der Waals surface area contributed by atoms with Crippen LogP contribution in [0.15, 0.2) is 65.4 Å². The van der Waals surface area contributed by atoms with E-state index in [0.717, 1.165) is 0 Å². The van der Waals surface area contributed by atoms with E-state index in [9.17, 15) is 18.8 Å². The van der Waals surface area contributed by atoms with E-state index >= 15 is 0 Å². The van der Waals surface area contributed by atoms with Gasteiger partial charge in [-0.15, -0.1) is 0 Å². The Morgan fingerprint density at radius 1 is 1.06 bits per heavy atom. The molecule has 0 saturated carbocycles. The highest BCUT2D eigenvalue weighted by atomic mass is 19.1. The zero-order chi connectivity index (χ0) is 24.7. The SMILES string of the molecule is COCCN1C(=O)/C(=C\c2ccc(OCC(=O)Nc3ccc(F)cc3)cc2)C(C(=O)OC)=C1C. The Morgan fingerprint density at radius 3 is 2.35 bits per heavy atom. The highest BCUT2D eigenvalue weighted by Crippen LogP contribution is 2.31. The molecule has 0 spiro atoms. The smallest absolute Gasteiger partial charge is 0.340 e. The summed E-state index contributed by atoms with van der Waals surface area (Å²) in [5, 5.41) is 2.61. The summed E-state index contributed by atoms with van der Waals surface area (Å²) >= 11 is 0. The van der Waals surface area contributed by atoms with Crippen LogP contribution in [0.5, 0.6) is 5.75 Å². The Bertz CT molecular complexity index is 1120. The maximum atomic E-state index is 12.9. The first kappa shape index (κ1) is 24.7. The van der Waals surface area contributed by atoms with Gasteiger partial charge >= 0.3 is 5.97 Å². The molecule has 3 rings (SSSR count). The van der Waals surface area contributed by atoms with Crippen LogP contribution in [0, 0.1) is 5.82 Å². The van der Waals surface area contributed by atoms with Crippen molar-refractivity contribution in [2.45, 2.75) is 6.92 Å². The van der Waals surface area contributed by atoms with Crippen molar-refractivity contribution in [3.05, 3.63) is 76.8 Å². The lowest BCUT2D eigenvalue weighted by molar-refractivity contribution is -0.136. The van der Waals surface area contributed by atoms with Crippen molar-refractivity contribution in [1.82, 2.24) is 4.90 Å². The van der Waals surface area contributed by atoms with Gasteiger partial charge < -0.3 is 24.4 Å². The zero-order valence-electron chi connectivity index (χ0n) is 19.1. The fraction of sp³-hybridized carbons (Fsp3) is 0.240. The van der Waals surface area contributed by atoms with Crippen molar-refractivity contribution in [3.8, 4) is 5.75 Å². The van der Waals surface area contributed by atoms with Gasteiger partial charge in [-0.25, -0.2) is 9.18 Å². The summed E-state index contributed by atoms with van der Waals surface area (Å²) in [6, 6.07) is 12.1. The number of halogens is 1. The van der Waals surface area contributed by atoms with Gasteiger partial charge in [-0.3, -0.25) is 9.59 Å². The van der Waals surface area contributed by atoms with Gasteiger partial charge in [-0.05, 0) is 55.0 Å². The number of hydrogen-bond acceptors (Lipinski definition) is 6. The molecule has 0 saturated heterocycles. The number of nitrogens with zero attached hydrogens (tertiary/aromatic N) is 1. The second-order valence-electron chi connectivity index (χ2n) is 7.37. The number of carbonyl (C=O) groups excluding carboxylic acids is 3. The summed E-state index contributed by atoms with van der Waals surface area (Å²) in [6.07, 6.45) is 1.61. The summed E-state index contributed by atoms with van der Waals surface area (Å²) in [6.45, 7) is 2.09. The lowest BCUT2D eigenvalue weighted by Gasteiger charge is -2.16. The molecule has 0 aromatic heterocycles. The van der Waals surface area contributed by atoms with Crippen LogP contribution in [0.2, 0.25) is 0 Å². The number of hydrogen-bond donors (Lipinski definition) is 1. The molecule has 0 radical (unpaired) electrons. The van der Waals surface area contributed by atoms with E-state index in [4.69, 9.17) is 14.2 Å². The molecule has 178 valence electrons. The molecule has 0 atom stereocenters. The molecule has 1 aliphatic rings. The lowest BCUT2D eigenvalue weighted by Crippen LogP contribution is -2.28. The summed E-state index contributed by atoms with van der Waals surface area (Å²) in [5.74, 6) is -1.25. The number of esters is 1. The molecule has 0 bridgehead atoms. The monoisotopic (exact) mass is 468 g/mol. The zero-order valence-corrected chi connectivity index (χ0v) is 19.1. The molecule has 0 aliphatic carbocycles. The Morgan fingerprint density at radius 2 is 1.74 bits per heavy atom. The number of rotatable bonds is 9. The highest BCUT2D eigenvalue weighted by molar-refractivity contribution is 6.16. The van der Waals surface area contributed by atoms with Crippen molar-refractivity contribution in [2.24, 2.45) is 0 Å². The number of ether oxygens (including phenoxy) is 3. The molecule has 34 heavy (non-hydrogen) atoms. The first-order valence-corrected chi connectivity index (χ1v) is 10.4. The van der Waals surface area contributed by atoms with Crippen molar-refractivity contribution in [3.63, 3.8) is 0 Å². The van der Waals surface area contributed by atoms with Gasteiger partial charge in [0.2, 0.25) is 0 Å². The number of carbonyl (C=O) groups is 3. The van der Waals surface area contributed by atoms with Crippen molar-refractivity contribution >= 4 is 29.5 Å². The van der Waals surface area contributed by atoms with Crippen LogP contribution in [0.25, 0.3) is 6.08 Å². The average molecular weight is 468 g/mol. The van der Waals surface area contributed by atoms with E-state index in [1.165, 1.54) is 43.4 Å². The largest absolute Gasteiger partial charge is 0.484 e. The lowest BCUT2D eigenvalue weighted by atomic mass is 10.0. The third-order valence-corrected chi connectivity index (χ3v) is 5.11. The van der Waals surface area contributed by atoms with E-state index in [-0.39, 0.29) is 23.7 Å². The first-order valence-electron chi connectivity index (χ1n) is 10.4. The van der Waals surface area contributed by atoms with E-state index < -0.39 is 17.7 Å². The van der Waals surface area contributed by atoms with Gasteiger partial charge in [0, 0.05) is 25.0 Å². The minimum absolute atomic E-state index is 0.210. The van der Waals surface area contributed by atoms with Crippen LogP contribution in [0.4, 0.5) is 10.1 Å². The average Bonchev–Trinajstić information content (AvgIpc) is 3.07. The first-order chi connectivity index (χ1) is 16.3. The van der Waals surface area contributed by atoms with E-state index in [1.54, 1.807) is 37.3 Å². The maximum Gasteiger partial charge on any atom is 0.340 e. The molecule has 2 aromatic carbocycles. The van der Waals surface area contributed by atoms with Crippen LogP contribution < -0.4 is 10.1 Å². The van der Waals surface area contributed by atoms with Crippen molar-refractivity contribution < 1.29 is 33.0 Å². The van der Waals surface area contributed by atoms with Crippen LogP contribution >= 0.6 is 0 Å². The molecule has 0 unspecified atom stereocenters. The number of benzene rings is 2. The molecule has 1 N–H and O–H groups in total. The summed E-state index contributed by atoms with van der Waals surface area (Å²) < 4.78 is 28.4. The van der Waals surface area contributed by atoms with Crippen LogP contribution in [-0.4, -0.2) is 56.7 Å². The van der Waals surface area contributed by atoms with Crippen molar-refractivity contribution in [1.29, 1.82) is 0 Å². The summed E-state index contributed by atoms with van der Waals surface area (Å²) in [7, 11) is 2.80. The molecule has 2 amide bonds. The minimum atomic E-state index is -0.593. The normalized spacial score (nSPS) is 14.5. The fourth-order valence-corrected chi connectivity index (χ4v) is 3.39. The maximum absolute atomic E-state index is 12.9. The van der Waals surface area contributed by atoms with E-state index in [0.29, 0.717) is 35.8 Å². The third-order valence-electron chi connectivity index (χ3n) is 5.11. The van der Waals surface area contributed by atoms with Gasteiger partial charge in [0.25, 0.3) is 11.8 Å². The number of methoxy groups -OCH3 is 2. The second-order valence-corrected chi connectivity index (χ2v) is 7.37. The van der Waals surface area contributed by atoms with Crippen molar-refractivity contribution in [2.75, 3.05) is 39.3 Å². The number of allylic oxidation sites excluding steroid dienone is 1. The molecule has 1 aliphatic heterocycles. The van der Waals surface area contributed by atoms with Gasteiger partial charge in [0.15, 0.2) is 6.61 Å². The molecule has 0 fully saturated rings. The van der Waals surface area contributed by atoms with Gasteiger partial charge in [0.05, 0.1) is 24.9 Å². The van der Waals surface area contributed by atoms with Crippen LogP contribution in [-0.2, 0) is 23.9 Å². The number of anilines is 1. The van der Waals surface area contributed by atoms with E-state index in [1.807, 2.05) is 0 Å². The Balaban J connectivity index is 1.68. The van der Waals surface area contributed by atoms with Gasteiger partial charge in [-0.2, -0.15) is 0 Å². The topological polar surface area (TPSA) is 94.2 Å². The molecular weight excluding hydrogens is 443 g/mol. The molecule has 9 heteroatoms. The highest BCUT2D eigenvalue weighted by Gasteiger charge is 2.36. The fourth-order valence-electron chi connectivity index (χ4n) is 3.39.